The van der Waals surface area contributed by atoms with Gasteiger partial charge in [0.15, 0.2) is 0 Å². The number of aromatic nitrogens is 1. The number of halogens is 1. The van der Waals surface area contributed by atoms with E-state index < -0.39 is 0 Å². The Bertz CT molecular complexity index is 707. The number of hydrogen-bond acceptors (Lipinski definition) is 4. The van der Waals surface area contributed by atoms with E-state index in [0.29, 0.717) is 13.2 Å². The van der Waals surface area contributed by atoms with E-state index >= 15 is 0 Å². The first-order chi connectivity index (χ1) is 11.1. The third-order valence-corrected chi connectivity index (χ3v) is 4.16. The molecule has 23 heavy (non-hydrogen) atoms. The zero-order valence-corrected chi connectivity index (χ0v) is 13.8. The zero-order chi connectivity index (χ0) is 16.2. The Labute approximate surface area is 140 Å². The zero-order valence-electron chi connectivity index (χ0n) is 13.1. The summed E-state index contributed by atoms with van der Waals surface area (Å²) in [6, 6.07) is 7.86. The predicted molar refractivity (Wildman–Crippen MR) is 90.5 cm³/mol. The van der Waals surface area contributed by atoms with E-state index in [0.717, 1.165) is 41.1 Å². The summed E-state index contributed by atoms with van der Waals surface area (Å²) < 4.78 is 5.71. The second-order valence-corrected chi connectivity index (χ2v) is 6.24. The van der Waals surface area contributed by atoms with Crippen LogP contribution in [-0.4, -0.2) is 48.1 Å². The lowest BCUT2D eigenvalue weighted by atomic mass is 10.1. The van der Waals surface area contributed by atoms with Gasteiger partial charge >= 0.3 is 0 Å². The van der Waals surface area contributed by atoms with Crippen LogP contribution in [0.3, 0.4) is 0 Å². The van der Waals surface area contributed by atoms with Crippen LogP contribution in [0.4, 0.5) is 0 Å². The van der Waals surface area contributed by atoms with Gasteiger partial charge in [-0.2, -0.15) is 0 Å². The van der Waals surface area contributed by atoms with Gasteiger partial charge in [-0.25, -0.2) is 0 Å². The molecule has 1 atom stereocenters. The van der Waals surface area contributed by atoms with Crippen molar-refractivity contribution >= 4 is 28.4 Å². The highest BCUT2D eigenvalue weighted by Crippen LogP contribution is 2.24. The maximum atomic E-state index is 11.0. The summed E-state index contributed by atoms with van der Waals surface area (Å²) in [5.74, 6) is -0.0317. The summed E-state index contributed by atoms with van der Waals surface area (Å²) in [6.07, 6.45) is 1.82. The minimum absolute atomic E-state index is 0.0195. The highest BCUT2D eigenvalue weighted by Gasteiger charge is 2.21. The fraction of sp³-hybridized carbons (Fsp3) is 0.412. The molecular weight excluding hydrogens is 314 g/mol. The van der Waals surface area contributed by atoms with Crippen molar-refractivity contribution in [3.63, 3.8) is 0 Å². The van der Waals surface area contributed by atoms with Gasteiger partial charge in [0.05, 0.1) is 18.2 Å². The summed E-state index contributed by atoms with van der Waals surface area (Å²) in [7, 11) is 0. The van der Waals surface area contributed by atoms with Gasteiger partial charge in [-0.05, 0) is 23.8 Å². The lowest BCUT2D eigenvalue weighted by molar-refractivity contribution is -0.120. The lowest BCUT2D eigenvalue weighted by Crippen LogP contribution is -2.46. The molecule has 1 aromatic carbocycles. The average Bonchev–Trinajstić information content (AvgIpc) is 2.53. The molecule has 1 aromatic heterocycles. The number of hydrogen-bond donors (Lipinski definition) is 1. The molecule has 122 valence electrons. The molecule has 0 saturated carbocycles. The van der Waals surface area contributed by atoms with Gasteiger partial charge in [0, 0.05) is 49.7 Å². The number of amides is 1. The van der Waals surface area contributed by atoms with E-state index in [4.69, 9.17) is 16.3 Å². The fourth-order valence-corrected chi connectivity index (χ4v) is 3.14. The number of rotatable bonds is 4. The molecular formula is C17H20ClN3O2. The highest BCUT2D eigenvalue weighted by molar-refractivity contribution is 6.31. The summed E-state index contributed by atoms with van der Waals surface area (Å²) in [5.41, 5.74) is 2.11. The van der Waals surface area contributed by atoms with Gasteiger partial charge in [-0.3, -0.25) is 14.7 Å². The van der Waals surface area contributed by atoms with Gasteiger partial charge in [0.1, 0.15) is 0 Å². The Hall–Kier alpha value is -1.69. The van der Waals surface area contributed by atoms with Gasteiger partial charge in [0.25, 0.3) is 0 Å². The fourth-order valence-electron chi connectivity index (χ4n) is 2.89. The summed E-state index contributed by atoms with van der Waals surface area (Å²) in [6.45, 7) is 5.13. The van der Waals surface area contributed by atoms with Crippen LogP contribution >= 0.6 is 11.6 Å². The normalized spacial score (nSPS) is 19.0. The molecule has 3 rings (SSSR count). The third-order valence-electron chi connectivity index (χ3n) is 3.94. The molecule has 1 aliphatic heterocycles. The Morgan fingerprint density at radius 1 is 1.52 bits per heavy atom. The number of pyridine rings is 1. The number of carbonyl (C=O) groups is 1. The van der Waals surface area contributed by atoms with Crippen LogP contribution in [0, 0.1) is 0 Å². The van der Waals surface area contributed by atoms with E-state index in [1.165, 1.54) is 6.92 Å². The summed E-state index contributed by atoms with van der Waals surface area (Å²) in [4.78, 5) is 17.8. The molecule has 1 amide bonds. The number of nitrogens with zero attached hydrogens (tertiary/aromatic N) is 2. The first kappa shape index (κ1) is 16.2. The maximum absolute atomic E-state index is 11.0. The first-order valence-corrected chi connectivity index (χ1v) is 8.11. The van der Waals surface area contributed by atoms with Crippen LogP contribution in [-0.2, 0) is 16.1 Å². The molecule has 1 aliphatic rings. The van der Waals surface area contributed by atoms with Crippen molar-refractivity contribution in [3.05, 3.63) is 41.0 Å². The molecule has 0 bridgehead atoms. The van der Waals surface area contributed by atoms with Crippen molar-refractivity contribution in [2.45, 2.75) is 19.6 Å². The van der Waals surface area contributed by atoms with Crippen molar-refractivity contribution < 1.29 is 9.53 Å². The number of carbonyl (C=O) groups excluding carboxylic acids is 1. The topological polar surface area (TPSA) is 54.5 Å². The number of benzene rings is 1. The van der Waals surface area contributed by atoms with Crippen LogP contribution < -0.4 is 5.32 Å². The van der Waals surface area contributed by atoms with Crippen LogP contribution in [0.5, 0.6) is 0 Å². The Balaban J connectivity index is 1.72. The van der Waals surface area contributed by atoms with Gasteiger partial charge in [0.2, 0.25) is 5.91 Å². The molecule has 1 saturated heterocycles. The standard InChI is InChI=1S/C17H20ClN3O2/c1-12(22)20-9-16-11-21(5-6-23-16)10-14-8-15(18)7-13-3-2-4-19-17(13)14/h2-4,7-8,16H,5-6,9-11H2,1H3,(H,20,22)/t16-/m0/s1. The van der Waals surface area contributed by atoms with Gasteiger partial charge in [-0.15, -0.1) is 0 Å². The van der Waals surface area contributed by atoms with Crippen molar-refractivity contribution in [1.82, 2.24) is 15.2 Å². The number of ether oxygens (including phenoxy) is 1. The molecule has 2 aromatic rings. The number of nitrogens with one attached hydrogen (secondary N) is 1. The van der Waals surface area contributed by atoms with E-state index in [1.54, 1.807) is 6.20 Å². The number of morpholine rings is 1. The molecule has 0 aliphatic carbocycles. The first-order valence-electron chi connectivity index (χ1n) is 7.73. The molecule has 0 radical (unpaired) electrons. The Kier molecular flexibility index (Phi) is 5.10. The molecule has 1 N–H and O–H groups in total. The molecule has 1 fully saturated rings. The van der Waals surface area contributed by atoms with Crippen molar-refractivity contribution in [1.29, 1.82) is 0 Å². The monoisotopic (exact) mass is 333 g/mol. The SMILES string of the molecule is CC(=O)NC[C@H]1CN(Cc2cc(Cl)cc3cccnc23)CCO1. The average molecular weight is 334 g/mol. The summed E-state index contributed by atoms with van der Waals surface area (Å²) in [5, 5.41) is 4.59. The maximum Gasteiger partial charge on any atom is 0.216 e. The van der Waals surface area contributed by atoms with Crippen LogP contribution in [0.1, 0.15) is 12.5 Å². The van der Waals surface area contributed by atoms with Crippen molar-refractivity contribution in [3.8, 4) is 0 Å². The van der Waals surface area contributed by atoms with E-state index in [9.17, 15) is 4.79 Å². The van der Waals surface area contributed by atoms with E-state index in [-0.39, 0.29) is 12.0 Å². The minimum Gasteiger partial charge on any atom is -0.374 e. The van der Waals surface area contributed by atoms with Crippen molar-refractivity contribution in [2.24, 2.45) is 0 Å². The van der Waals surface area contributed by atoms with E-state index in [1.807, 2.05) is 24.3 Å². The van der Waals surface area contributed by atoms with Crippen LogP contribution in [0.25, 0.3) is 10.9 Å². The summed E-state index contributed by atoms with van der Waals surface area (Å²) >= 11 is 6.24. The molecule has 0 unspecified atom stereocenters. The predicted octanol–water partition coefficient (Wildman–Crippen LogP) is 2.23. The molecule has 0 spiro atoms. The Morgan fingerprint density at radius 2 is 2.39 bits per heavy atom. The molecule has 2 heterocycles. The molecule has 6 heteroatoms. The quantitative estimate of drug-likeness (QED) is 0.932. The third kappa shape index (κ3) is 4.19. The van der Waals surface area contributed by atoms with E-state index in [2.05, 4.69) is 15.2 Å². The van der Waals surface area contributed by atoms with Crippen molar-refractivity contribution in [2.75, 3.05) is 26.2 Å². The van der Waals surface area contributed by atoms with Gasteiger partial charge in [-0.1, -0.05) is 17.7 Å². The smallest absolute Gasteiger partial charge is 0.216 e. The largest absolute Gasteiger partial charge is 0.374 e. The van der Waals surface area contributed by atoms with Crippen LogP contribution in [0.15, 0.2) is 30.5 Å². The highest BCUT2D eigenvalue weighted by atomic mass is 35.5. The second-order valence-electron chi connectivity index (χ2n) is 5.81. The second kappa shape index (κ2) is 7.25. The Morgan fingerprint density at radius 3 is 3.22 bits per heavy atom. The van der Waals surface area contributed by atoms with Crippen LogP contribution in [0.2, 0.25) is 5.02 Å². The lowest BCUT2D eigenvalue weighted by Gasteiger charge is -2.33. The molecule has 5 nitrogen and oxygen atoms in total. The van der Waals surface area contributed by atoms with Gasteiger partial charge < -0.3 is 10.1 Å². The minimum atomic E-state index is -0.0317. The number of fused-ring (bicyclic) bond motifs is 1.